The number of benzene rings is 1. The minimum absolute atomic E-state index is 0.131. The van der Waals surface area contributed by atoms with Gasteiger partial charge in [0.25, 0.3) is 0 Å². The molecule has 3 rings (SSSR count). The summed E-state index contributed by atoms with van der Waals surface area (Å²) in [5.41, 5.74) is 1.23. The van der Waals surface area contributed by atoms with Crippen LogP contribution in [0.5, 0.6) is 0 Å². The molecular weight excluding hydrogens is 315 g/mol. The van der Waals surface area contributed by atoms with E-state index < -0.39 is 0 Å². The fraction of sp³-hybridized carbons (Fsp3) is 0. The number of thiazole rings is 1. The highest BCUT2D eigenvalue weighted by Crippen LogP contribution is 2.22. The van der Waals surface area contributed by atoms with Gasteiger partial charge in [0.05, 0.1) is 5.69 Å². The van der Waals surface area contributed by atoms with E-state index in [-0.39, 0.29) is 5.78 Å². The molecule has 6 heteroatoms. The van der Waals surface area contributed by atoms with E-state index in [1.54, 1.807) is 30.3 Å². The van der Waals surface area contributed by atoms with E-state index in [9.17, 15) is 4.79 Å². The molecule has 20 heavy (non-hydrogen) atoms. The molecule has 1 aromatic carbocycles. The molecule has 3 aromatic rings. The monoisotopic (exact) mass is 322 g/mol. The van der Waals surface area contributed by atoms with Crippen LogP contribution in [0.15, 0.2) is 41.9 Å². The van der Waals surface area contributed by atoms with Crippen LogP contribution in [0.25, 0.3) is 11.0 Å². The molecule has 0 atom stereocenters. The van der Waals surface area contributed by atoms with Gasteiger partial charge in [-0.15, -0.1) is 11.3 Å². The van der Waals surface area contributed by atoms with Gasteiger partial charge in [0.15, 0.2) is 15.9 Å². The summed E-state index contributed by atoms with van der Waals surface area (Å²) >= 11 is 13.4. The van der Waals surface area contributed by atoms with Crippen LogP contribution in [0.2, 0.25) is 10.2 Å². The Labute approximate surface area is 129 Å². The second-order valence-electron chi connectivity index (χ2n) is 4.05. The zero-order chi connectivity index (χ0) is 14.1. The fourth-order valence-corrected chi connectivity index (χ4v) is 3.01. The topological polar surface area (TPSA) is 34.4 Å². The van der Waals surface area contributed by atoms with Gasteiger partial charge in [-0.3, -0.25) is 9.20 Å². The lowest BCUT2D eigenvalue weighted by molar-refractivity contribution is 0.104. The van der Waals surface area contributed by atoms with Crippen LogP contribution in [-0.2, 0) is 0 Å². The lowest BCUT2D eigenvalue weighted by Crippen LogP contribution is -1.94. The van der Waals surface area contributed by atoms with Crippen LogP contribution in [0.1, 0.15) is 16.1 Å². The molecule has 0 spiro atoms. The average molecular weight is 323 g/mol. The summed E-state index contributed by atoms with van der Waals surface area (Å²) in [5.74, 6) is -0.131. The summed E-state index contributed by atoms with van der Waals surface area (Å²) in [6.45, 7) is 0. The Morgan fingerprint density at radius 3 is 3.00 bits per heavy atom. The summed E-state index contributed by atoms with van der Waals surface area (Å²) in [6.07, 6.45) is 5.00. The summed E-state index contributed by atoms with van der Waals surface area (Å²) in [4.78, 5) is 17.1. The molecule has 0 fully saturated rings. The van der Waals surface area contributed by atoms with Crippen LogP contribution in [0.3, 0.4) is 0 Å². The molecule has 0 aliphatic carbocycles. The van der Waals surface area contributed by atoms with Gasteiger partial charge in [0.1, 0.15) is 0 Å². The van der Waals surface area contributed by atoms with Crippen molar-refractivity contribution in [3.05, 3.63) is 63.4 Å². The molecule has 0 saturated carbocycles. The number of nitrogens with zero attached hydrogens (tertiary/aromatic N) is 2. The average Bonchev–Trinajstić information content (AvgIpc) is 2.97. The van der Waals surface area contributed by atoms with Crippen molar-refractivity contribution in [3.8, 4) is 0 Å². The number of allylic oxidation sites excluding steroid dienone is 1. The van der Waals surface area contributed by atoms with E-state index in [0.717, 1.165) is 4.96 Å². The number of imidazole rings is 1. The largest absolute Gasteiger partial charge is 0.289 e. The molecule has 0 aliphatic heterocycles. The second-order valence-corrected chi connectivity index (χ2v) is 5.72. The van der Waals surface area contributed by atoms with E-state index in [2.05, 4.69) is 4.98 Å². The Bertz CT molecular complexity index is 820. The van der Waals surface area contributed by atoms with Gasteiger partial charge < -0.3 is 0 Å². The molecule has 0 unspecified atom stereocenters. The van der Waals surface area contributed by atoms with Crippen LogP contribution >= 0.6 is 34.5 Å². The van der Waals surface area contributed by atoms with Gasteiger partial charge in [-0.2, -0.15) is 0 Å². The van der Waals surface area contributed by atoms with Gasteiger partial charge in [-0.1, -0.05) is 35.3 Å². The number of carbonyl (C=O) groups excluding carboxylic acids is 1. The smallest absolute Gasteiger partial charge is 0.195 e. The van der Waals surface area contributed by atoms with Crippen molar-refractivity contribution in [3.63, 3.8) is 0 Å². The minimum atomic E-state index is -0.131. The SMILES string of the molecule is O=C(/C=C/c1c(Cl)nc2sccn12)c1cccc(Cl)c1. The summed E-state index contributed by atoms with van der Waals surface area (Å²) in [5, 5.41) is 2.83. The first-order valence-electron chi connectivity index (χ1n) is 5.74. The minimum Gasteiger partial charge on any atom is -0.289 e. The number of ketones is 1. The van der Waals surface area contributed by atoms with Crippen molar-refractivity contribution >= 4 is 51.4 Å². The van der Waals surface area contributed by atoms with Gasteiger partial charge >= 0.3 is 0 Å². The van der Waals surface area contributed by atoms with Gasteiger partial charge in [0.2, 0.25) is 0 Å². The number of aromatic nitrogens is 2. The van der Waals surface area contributed by atoms with Crippen molar-refractivity contribution in [1.29, 1.82) is 0 Å². The third-order valence-corrected chi connectivity index (χ3v) is 4.03. The Morgan fingerprint density at radius 2 is 2.20 bits per heavy atom. The third kappa shape index (κ3) is 2.50. The lowest BCUT2D eigenvalue weighted by Gasteiger charge is -1.96. The second kappa shape index (κ2) is 5.40. The molecule has 0 radical (unpaired) electrons. The molecule has 2 aromatic heterocycles. The first kappa shape index (κ1) is 13.4. The van der Waals surface area contributed by atoms with Crippen molar-refractivity contribution in [2.45, 2.75) is 0 Å². The predicted molar refractivity (Wildman–Crippen MR) is 82.9 cm³/mol. The zero-order valence-corrected chi connectivity index (χ0v) is 12.4. The quantitative estimate of drug-likeness (QED) is 0.521. The lowest BCUT2D eigenvalue weighted by atomic mass is 10.1. The standard InChI is InChI=1S/C14H8Cl2N2OS/c15-10-3-1-2-9(8-10)12(19)5-4-11-13(16)17-14-18(11)6-7-20-14/h1-8H/b5-4+. The van der Waals surface area contributed by atoms with E-state index in [0.29, 0.717) is 21.4 Å². The predicted octanol–water partition coefficient (Wildman–Crippen LogP) is 4.60. The van der Waals surface area contributed by atoms with Gasteiger partial charge in [0, 0.05) is 22.2 Å². The summed E-state index contributed by atoms with van der Waals surface area (Å²) < 4.78 is 1.84. The van der Waals surface area contributed by atoms with Crippen molar-refractivity contribution in [2.24, 2.45) is 0 Å². The third-order valence-electron chi connectivity index (χ3n) is 2.76. The van der Waals surface area contributed by atoms with E-state index in [1.165, 1.54) is 17.4 Å². The molecule has 2 heterocycles. The van der Waals surface area contributed by atoms with Crippen LogP contribution in [0, 0.1) is 0 Å². The zero-order valence-electron chi connectivity index (χ0n) is 10.1. The Kier molecular flexibility index (Phi) is 3.61. The van der Waals surface area contributed by atoms with Crippen molar-refractivity contribution in [2.75, 3.05) is 0 Å². The maximum atomic E-state index is 12.1. The molecule has 3 nitrogen and oxygen atoms in total. The first-order valence-corrected chi connectivity index (χ1v) is 7.38. The maximum absolute atomic E-state index is 12.1. The molecular formula is C14H8Cl2N2OS. The molecule has 100 valence electrons. The van der Waals surface area contributed by atoms with Crippen LogP contribution in [0.4, 0.5) is 0 Å². The molecule has 0 amide bonds. The van der Waals surface area contributed by atoms with Crippen LogP contribution in [-0.4, -0.2) is 15.2 Å². The number of rotatable bonds is 3. The Hall–Kier alpha value is -1.62. The summed E-state index contributed by atoms with van der Waals surface area (Å²) in [7, 11) is 0. The highest BCUT2D eigenvalue weighted by atomic mass is 35.5. The van der Waals surface area contributed by atoms with E-state index in [4.69, 9.17) is 23.2 Å². The number of fused-ring (bicyclic) bond motifs is 1. The molecule has 0 aliphatic rings. The Morgan fingerprint density at radius 1 is 1.35 bits per heavy atom. The van der Waals surface area contributed by atoms with E-state index in [1.807, 2.05) is 16.0 Å². The normalized spacial score (nSPS) is 11.5. The number of hydrogen-bond acceptors (Lipinski definition) is 3. The fourth-order valence-electron chi connectivity index (χ4n) is 1.82. The Balaban J connectivity index is 1.92. The van der Waals surface area contributed by atoms with E-state index >= 15 is 0 Å². The molecule has 0 bridgehead atoms. The summed E-state index contributed by atoms with van der Waals surface area (Å²) in [6, 6.07) is 6.82. The highest BCUT2D eigenvalue weighted by molar-refractivity contribution is 7.15. The van der Waals surface area contributed by atoms with Gasteiger partial charge in [-0.05, 0) is 24.3 Å². The first-order chi connectivity index (χ1) is 9.65. The molecule has 0 saturated heterocycles. The maximum Gasteiger partial charge on any atom is 0.195 e. The van der Waals surface area contributed by atoms with Crippen molar-refractivity contribution < 1.29 is 4.79 Å². The number of carbonyl (C=O) groups is 1. The molecule has 0 N–H and O–H groups in total. The van der Waals surface area contributed by atoms with Crippen LogP contribution < -0.4 is 0 Å². The van der Waals surface area contributed by atoms with Crippen molar-refractivity contribution in [1.82, 2.24) is 9.38 Å². The number of hydrogen-bond donors (Lipinski definition) is 0. The number of halogens is 2. The van der Waals surface area contributed by atoms with Gasteiger partial charge in [-0.25, -0.2) is 4.98 Å². The highest BCUT2D eigenvalue weighted by Gasteiger charge is 2.09.